The molecule has 0 radical (unpaired) electrons. The van der Waals surface area contributed by atoms with Crippen molar-refractivity contribution in [3.05, 3.63) is 29.8 Å². The summed E-state index contributed by atoms with van der Waals surface area (Å²) in [6.07, 6.45) is 1.17. The average molecular weight is 432 g/mol. The molecule has 1 aromatic rings. The van der Waals surface area contributed by atoms with Crippen LogP contribution in [0.3, 0.4) is 0 Å². The molecule has 2 atom stereocenters. The van der Waals surface area contributed by atoms with Gasteiger partial charge in [-0.05, 0) is 31.9 Å². The van der Waals surface area contributed by atoms with Crippen LogP contribution in [0.4, 0.5) is 5.69 Å². The summed E-state index contributed by atoms with van der Waals surface area (Å²) in [6, 6.07) is 7.92. The van der Waals surface area contributed by atoms with E-state index in [1.54, 1.807) is 19.0 Å². The molecule has 1 aliphatic rings. The standard InChI is InChI=1S/C16H24N4O2.HI/c1-11-4-6-12(7-5-11)19-16(17)18-10-13-8-9-14(22-13)15(21)20(2)3;/h4-7,13-14H,8-10H2,1-3H3,(H3,17,18,19);1H. The molecule has 128 valence electrons. The van der Waals surface area contributed by atoms with Crippen molar-refractivity contribution in [3.8, 4) is 0 Å². The Morgan fingerprint density at radius 1 is 1.35 bits per heavy atom. The molecule has 3 N–H and O–H groups in total. The molecular weight excluding hydrogens is 407 g/mol. The van der Waals surface area contributed by atoms with Gasteiger partial charge in [0.25, 0.3) is 5.91 Å². The summed E-state index contributed by atoms with van der Waals surface area (Å²) in [5, 5.41) is 3.04. The number of hydrogen-bond acceptors (Lipinski definition) is 3. The van der Waals surface area contributed by atoms with Crippen LogP contribution in [-0.4, -0.2) is 49.6 Å². The largest absolute Gasteiger partial charge is 0.370 e. The fourth-order valence-corrected chi connectivity index (χ4v) is 2.33. The minimum Gasteiger partial charge on any atom is -0.370 e. The number of ether oxygens (including phenoxy) is 1. The molecule has 0 aromatic heterocycles. The van der Waals surface area contributed by atoms with Gasteiger partial charge in [0.15, 0.2) is 5.96 Å². The molecule has 1 aromatic carbocycles. The van der Waals surface area contributed by atoms with E-state index in [4.69, 9.17) is 10.5 Å². The normalized spacial score (nSPS) is 20.7. The van der Waals surface area contributed by atoms with Gasteiger partial charge in [0, 0.05) is 19.8 Å². The molecule has 7 heteroatoms. The molecule has 2 rings (SSSR count). The highest BCUT2D eigenvalue weighted by Crippen LogP contribution is 2.21. The van der Waals surface area contributed by atoms with Crippen LogP contribution in [0.5, 0.6) is 0 Å². The number of carbonyl (C=O) groups is 1. The number of aryl methyl sites for hydroxylation is 1. The average Bonchev–Trinajstić information content (AvgIpc) is 2.95. The lowest BCUT2D eigenvalue weighted by atomic mass is 10.2. The Morgan fingerprint density at radius 2 is 2.00 bits per heavy atom. The second-order valence-corrected chi connectivity index (χ2v) is 5.77. The molecule has 1 saturated heterocycles. The van der Waals surface area contributed by atoms with Crippen LogP contribution in [0.25, 0.3) is 0 Å². The Kier molecular flexibility index (Phi) is 7.77. The van der Waals surface area contributed by atoms with E-state index in [0.29, 0.717) is 12.5 Å². The number of nitrogens with one attached hydrogen (secondary N) is 1. The second-order valence-electron chi connectivity index (χ2n) is 5.77. The third-order valence-electron chi connectivity index (χ3n) is 3.61. The van der Waals surface area contributed by atoms with E-state index < -0.39 is 0 Å². The van der Waals surface area contributed by atoms with Crippen molar-refractivity contribution in [2.75, 3.05) is 26.0 Å². The number of amides is 1. The van der Waals surface area contributed by atoms with Gasteiger partial charge in [-0.2, -0.15) is 0 Å². The highest BCUT2D eigenvalue weighted by atomic mass is 127. The van der Waals surface area contributed by atoms with E-state index >= 15 is 0 Å². The summed E-state index contributed by atoms with van der Waals surface area (Å²) in [5.41, 5.74) is 7.97. The molecule has 6 nitrogen and oxygen atoms in total. The van der Waals surface area contributed by atoms with Gasteiger partial charge in [-0.1, -0.05) is 17.7 Å². The lowest BCUT2D eigenvalue weighted by Crippen LogP contribution is -2.34. The zero-order valence-electron chi connectivity index (χ0n) is 13.8. The van der Waals surface area contributed by atoms with Gasteiger partial charge < -0.3 is 20.7 Å². The molecule has 0 bridgehead atoms. The summed E-state index contributed by atoms with van der Waals surface area (Å²) in [5.74, 6) is 0.368. The Morgan fingerprint density at radius 3 is 2.61 bits per heavy atom. The van der Waals surface area contributed by atoms with E-state index in [2.05, 4.69) is 10.3 Å². The fraction of sp³-hybridized carbons (Fsp3) is 0.500. The van der Waals surface area contributed by atoms with Crippen molar-refractivity contribution in [3.63, 3.8) is 0 Å². The number of rotatable bonds is 4. The minimum atomic E-state index is -0.346. The molecule has 1 aliphatic heterocycles. The third-order valence-corrected chi connectivity index (χ3v) is 3.61. The van der Waals surface area contributed by atoms with Gasteiger partial charge >= 0.3 is 0 Å². The van der Waals surface area contributed by atoms with E-state index in [1.165, 1.54) is 5.56 Å². The molecule has 23 heavy (non-hydrogen) atoms. The van der Waals surface area contributed by atoms with Gasteiger partial charge in [-0.15, -0.1) is 24.0 Å². The van der Waals surface area contributed by atoms with E-state index in [1.807, 2.05) is 31.2 Å². The van der Waals surface area contributed by atoms with Gasteiger partial charge in [0.1, 0.15) is 6.10 Å². The quantitative estimate of drug-likeness (QED) is 0.433. The summed E-state index contributed by atoms with van der Waals surface area (Å²) in [6.45, 7) is 2.49. The first kappa shape index (κ1) is 19.7. The number of likely N-dealkylation sites (N-methyl/N-ethyl adjacent to an activating group) is 1. The van der Waals surface area contributed by atoms with Crippen LogP contribution in [-0.2, 0) is 9.53 Å². The summed E-state index contributed by atoms with van der Waals surface area (Å²) in [7, 11) is 3.47. The lowest BCUT2D eigenvalue weighted by molar-refractivity contribution is -0.140. The number of anilines is 1. The number of guanidine groups is 1. The number of carbonyl (C=O) groups excluding carboxylic acids is 1. The highest BCUT2D eigenvalue weighted by Gasteiger charge is 2.31. The smallest absolute Gasteiger partial charge is 0.251 e. The molecule has 2 unspecified atom stereocenters. The van der Waals surface area contributed by atoms with Crippen molar-refractivity contribution in [1.29, 1.82) is 0 Å². The SMILES string of the molecule is Cc1ccc(NC(N)=NCC2CCC(C(=O)N(C)C)O2)cc1.I. The van der Waals surface area contributed by atoms with E-state index in [-0.39, 0.29) is 42.1 Å². The topological polar surface area (TPSA) is 79.9 Å². The maximum atomic E-state index is 11.8. The van der Waals surface area contributed by atoms with Gasteiger partial charge in [-0.3, -0.25) is 9.79 Å². The summed E-state index contributed by atoms with van der Waals surface area (Å²) < 4.78 is 5.72. The molecular formula is C16H25IN4O2. The zero-order valence-corrected chi connectivity index (χ0v) is 16.1. The number of halogens is 1. The molecule has 0 saturated carbocycles. The molecule has 1 amide bonds. The number of hydrogen-bond donors (Lipinski definition) is 2. The first-order chi connectivity index (χ1) is 10.5. The van der Waals surface area contributed by atoms with E-state index in [9.17, 15) is 4.79 Å². The Hall–Kier alpha value is -1.35. The van der Waals surface area contributed by atoms with Gasteiger partial charge in [-0.25, -0.2) is 0 Å². The Bertz CT molecular complexity index is 546. The maximum Gasteiger partial charge on any atom is 0.251 e. The monoisotopic (exact) mass is 432 g/mol. The fourth-order valence-electron chi connectivity index (χ4n) is 2.33. The van der Waals surface area contributed by atoms with Gasteiger partial charge in [0.2, 0.25) is 0 Å². The first-order valence-corrected chi connectivity index (χ1v) is 7.46. The predicted molar refractivity (Wildman–Crippen MR) is 103 cm³/mol. The van der Waals surface area contributed by atoms with Crippen molar-refractivity contribution < 1.29 is 9.53 Å². The third kappa shape index (κ3) is 5.98. The molecule has 0 spiro atoms. The number of aliphatic imine (C=N–C) groups is 1. The van der Waals surface area contributed by atoms with Crippen LogP contribution >= 0.6 is 24.0 Å². The summed E-state index contributed by atoms with van der Waals surface area (Å²) >= 11 is 0. The summed E-state index contributed by atoms with van der Waals surface area (Å²) in [4.78, 5) is 17.7. The zero-order chi connectivity index (χ0) is 16.1. The van der Waals surface area contributed by atoms with Crippen LogP contribution in [0.2, 0.25) is 0 Å². The highest BCUT2D eigenvalue weighted by molar-refractivity contribution is 14.0. The number of nitrogens with zero attached hydrogens (tertiary/aromatic N) is 2. The Labute approximate surface area is 154 Å². The lowest BCUT2D eigenvalue weighted by Gasteiger charge is -2.16. The molecule has 1 fully saturated rings. The number of benzene rings is 1. The van der Waals surface area contributed by atoms with Crippen molar-refractivity contribution >= 4 is 41.5 Å². The molecule has 0 aliphatic carbocycles. The van der Waals surface area contributed by atoms with Crippen LogP contribution in [0.15, 0.2) is 29.3 Å². The van der Waals surface area contributed by atoms with Crippen molar-refractivity contribution in [2.24, 2.45) is 10.7 Å². The second kappa shape index (κ2) is 9.07. The van der Waals surface area contributed by atoms with Crippen LogP contribution in [0.1, 0.15) is 18.4 Å². The first-order valence-electron chi connectivity index (χ1n) is 7.46. The van der Waals surface area contributed by atoms with Crippen molar-refractivity contribution in [1.82, 2.24) is 4.90 Å². The Balaban J connectivity index is 0.00000264. The van der Waals surface area contributed by atoms with Crippen LogP contribution in [0, 0.1) is 6.92 Å². The molecule has 1 heterocycles. The van der Waals surface area contributed by atoms with Crippen LogP contribution < -0.4 is 11.1 Å². The minimum absolute atomic E-state index is 0. The van der Waals surface area contributed by atoms with Crippen molar-refractivity contribution in [2.45, 2.75) is 32.0 Å². The predicted octanol–water partition coefficient (Wildman–Crippen LogP) is 1.98. The van der Waals surface area contributed by atoms with E-state index in [0.717, 1.165) is 18.5 Å². The van der Waals surface area contributed by atoms with Gasteiger partial charge in [0.05, 0.1) is 12.6 Å². The number of nitrogens with two attached hydrogens (primary N) is 1. The maximum absolute atomic E-state index is 11.8.